The first-order valence-corrected chi connectivity index (χ1v) is 9.63. The lowest BCUT2D eigenvalue weighted by molar-refractivity contribution is 0.0963. The first-order chi connectivity index (χ1) is 13.5. The van der Waals surface area contributed by atoms with Crippen molar-refractivity contribution < 1.29 is 14.3 Å². The number of carbonyl (C=O) groups excluding carboxylic acids is 2. The van der Waals surface area contributed by atoms with Crippen LogP contribution in [0.2, 0.25) is 0 Å². The molecule has 148 valence electrons. The molecular weight excluding hydrogens is 354 g/mol. The van der Waals surface area contributed by atoms with Crippen molar-refractivity contribution in [3.8, 4) is 0 Å². The molecule has 2 amide bonds. The quantitative estimate of drug-likeness (QED) is 0.735. The average molecular weight is 381 g/mol. The van der Waals surface area contributed by atoms with Crippen LogP contribution in [0.1, 0.15) is 47.8 Å². The van der Waals surface area contributed by atoms with E-state index in [-0.39, 0.29) is 30.5 Å². The molecule has 0 radical (unpaired) electrons. The molecule has 3 N–H and O–H groups in total. The standard InChI is InChI=1S/C22H27N3O3/c1-4-18-14(2)20(25-22(27)28-13-15-8-6-5-7-9-15)17-12-16(21(26)23-3)10-11-19(17)24-18/h5-12,14,18,20,24H,4,13H2,1-3H3,(H,23,26)(H,25,27)/t14-,18-,20?/m0/s1. The minimum atomic E-state index is -0.464. The van der Waals surface area contributed by atoms with E-state index in [1.165, 1.54) is 0 Å². The number of hydrogen-bond donors (Lipinski definition) is 3. The van der Waals surface area contributed by atoms with Gasteiger partial charge in [0, 0.05) is 30.3 Å². The molecule has 1 aliphatic rings. The second kappa shape index (κ2) is 8.78. The number of carbonyl (C=O) groups is 2. The van der Waals surface area contributed by atoms with Gasteiger partial charge in [-0.25, -0.2) is 4.79 Å². The molecule has 0 saturated heterocycles. The zero-order chi connectivity index (χ0) is 20.1. The molecule has 0 saturated carbocycles. The van der Waals surface area contributed by atoms with E-state index in [4.69, 9.17) is 4.74 Å². The summed E-state index contributed by atoms with van der Waals surface area (Å²) in [6, 6.07) is 15.1. The number of benzene rings is 2. The van der Waals surface area contributed by atoms with Crippen LogP contribution in [0.4, 0.5) is 10.5 Å². The Bertz CT molecular complexity index is 838. The summed E-state index contributed by atoms with van der Waals surface area (Å²) in [6.45, 7) is 4.43. The van der Waals surface area contributed by atoms with E-state index in [0.29, 0.717) is 5.56 Å². The van der Waals surface area contributed by atoms with Gasteiger partial charge in [-0.2, -0.15) is 0 Å². The fourth-order valence-corrected chi connectivity index (χ4v) is 3.66. The molecule has 2 aromatic rings. The van der Waals surface area contributed by atoms with Crippen molar-refractivity contribution in [2.45, 2.75) is 39.0 Å². The molecule has 28 heavy (non-hydrogen) atoms. The minimum Gasteiger partial charge on any atom is -0.445 e. The van der Waals surface area contributed by atoms with Gasteiger partial charge in [-0.3, -0.25) is 4.79 Å². The molecule has 0 fully saturated rings. The van der Waals surface area contributed by atoms with Crippen LogP contribution in [-0.2, 0) is 11.3 Å². The second-order valence-electron chi connectivity index (χ2n) is 7.08. The van der Waals surface area contributed by atoms with Crippen LogP contribution < -0.4 is 16.0 Å². The van der Waals surface area contributed by atoms with Gasteiger partial charge in [-0.15, -0.1) is 0 Å². The summed E-state index contributed by atoms with van der Waals surface area (Å²) in [6.07, 6.45) is 0.462. The maximum Gasteiger partial charge on any atom is 0.407 e. The largest absolute Gasteiger partial charge is 0.445 e. The first kappa shape index (κ1) is 19.7. The third-order valence-electron chi connectivity index (χ3n) is 5.30. The Labute approximate surface area is 165 Å². The van der Waals surface area contributed by atoms with Crippen molar-refractivity contribution in [3.05, 3.63) is 65.2 Å². The molecule has 0 spiro atoms. The van der Waals surface area contributed by atoms with Gasteiger partial charge in [-0.1, -0.05) is 44.2 Å². The Morgan fingerprint density at radius 2 is 1.89 bits per heavy atom. The van der Waals surface area contributed by atoms with Gasteiger partial charge >= 0.3 is 6.09 Å². The Hall–Kier alpha value is -3.02. The monoisotopic (exact) mass is 381 g/mol. The van der Waals surface area contributed by atoms with Gasteiger partial charge < -0.3 is 20.7 Å². The topological polar surface area (TPSA) is 79.5 Å². The summed E-state index contributed by atoms with van der Waals surface area (Å²) in [4.78, 5) is 24.5. The third-order valence-corrected chi connectivity index (χ3v) is 5.30. The number of anilines is 1. The number of ether oxygens (including phenoxy) is 1. The molecule has 6 heteroatoms. The maximum absolute atomic E-state index is 12.5. The zero-order valence-electron chi connectivity index (χ0n) is 16.5. The molecule has 0 aliphatic carbocycles. The lowest BCUT2D eigenvalue weighted by Gasteiger charge is -2.39. The molecule has 6 nitrogen and oxygen atoms in total. The number of rotatable bonds is 5. The highest BCUT2D eigenvalue weighted by Crippen LogP contribution is 2.38. The van der Waals surface area contributed by atoms with Crippen molar-refractivity contribution in [1.29, 1.82) is 0 Å². The number of amides is 2. The van der Waals surface area contributed by atoms with Crippen LogP contribution in [0.3, 0.4) is 0 Å². The SMILES string of the molecule is CC[C@@H]1Nc2ccc(C(=O)NC)cc2C(NC(=O)OCc2ccccc2)[C@H]1C. The smallest absolute Gasteiger partial charge is 0.407 e. The second-order valence-corrected chi connectivity index (χ2v) is 7.08. The average Bonchev–Trinajstić information content (AvgIpc) is 2.73. The van der Waals surface area contributed by atoms with Crippen LogP contribution in [0.15, 0.2) is 48.5 Å². The summed E-state index contributed by atoms with van der Waals surface area (Å²) < 4.78 is 5.41. The van der Waals surface area contributed by atoms with Crippen molar-refractivity contribution in [2.75, 3.05) is 12.4 Å². The molecule has 2 aromatic carbocycles. The molecule has 0 bridgehead atoms. The Balaban J connectivity index is 1.79. The maximum atomic E-state index is 12.5. The van der Waals surface area contributed by atoms with Crippen molar-refractivity contribution in [3.63, 3.8) is 0 Å². The van der Waals surface area contributed by atoms with E-state index in [2.05, 4.69) is 29.8 Å². The van der Waals surface area contributed by atoms with Crippen molar-refractivity contribution in [1.82, 2.24) is 10.6 Å². The third kappa shape index (κ3) is 4.27. The van der Waals surface area contributed by atoms with Gasteiger partial charge in [0.2, 0.25) is 0 Å². The van der Waals surface area contributed by atoms with Crippen molar-refractivity contribution >= 4 is 17.7 Å². The summed E-state index contributed by atoms with van der Waals surface area (Å²) in [5, 5.41) is 9.17. The predicted molar refractivity (Wildman–Crippen MR) is 109 cm³/mol. The molecule has 1 aliphatic heterocycles. The molecule has 0 aromatic heterocycles. The Kier molecular flexibility index (Phi) is 6.19. The van der Waals surface area contributed by atoms with Crippen LogP contribution in [-0.4, -0.2) is 25.1 Å². The van der Waals surface area contributed by atoms with E-state index in [9.17, 15) is 9.59 Å². The normalized spacial score (nSPS) is 20.5. The van der Waals surface area contributed by atoms with Gasteiger partial charge in [0.15, 0.2) is 0 Å². The number of alkyl carbamates (subject to hydrolysis) is 1. The van der Waals surface area contributed by atoms with Gasteiger partial charge in [-0.05, 0) is 35.7 Å². The summed E-state index contributed by atoms with van der Waals surface area (Å²) >= 11 is 0. The van der Waals surface area contributed by atoms with E-state index in [0.717, 1.165) is 23.2 Å². The van der Waals surface area contributed by atoms with Gasteiger partial charge in [0.1, 0.15) is 6.61 Å². The minimum absolute atomic E-state index is 0.140. The van der Waals surface area contributed by atoms with Gasteiger partial charge in [0.25, 0.3) is 5.91 Å². The van der Waals surface area contributed by atoms with Gasteiger partial charge in [0.05, 0.1) is 6.04 Å². The van der Waals surface area contributed by atoms with E-state index in [1.807, 2.05) is 42.5 Å². The van der Waals surface area contributed by atoms with Crippen LogP contribution in [0.25, 0.3) is 0 Å². The first-order valence-electron chi connectivity index (χ1n) is 9.63. The molecule has 1 heterocycles. The lowest BCUT2D eigenvalue weighted by atomic mass is 9.82. The Morgan fingerprint density at radius 1 is 1.14 bits per heavy atom. The van der Waals surface area contributed by atoms with Crippen LogP contribution in [0, 0.1) is 5.92 Å². The number of hydrogen-bond acceptors (Lipinski definition) is 4. The molecular formula is C22H27N3O3. The summed E-state index contributed by atoms with van der Waals surface area (Å²) in [7, 11) is 1.60. The molecule has 1 unspecified atom stereocenters. The van der Waals surface area contributed by atoms with Crippen LogP contribution in [0.5, 0.6) is 0 Å². The zero-order valence-corrected chi connectivity index (χ0v) is 16.5. The molecule has 3 atom stereocenters. The number of fused-ring (bicyclic) bond motifs is 1. The molecule has 3 rings (SSSR count). The summed E-state index contributed by atoms with van der Waals surface area (Å²) in [5.41, 5.74) is 3.33. The highest BCUT2D eigenvalue weighted by Gasteiger charge is 2.34. The van der Waals surface area contributed by atoms with E-state index >= 15 is 0 Å². The Morgan fingerprint density at radius 3 is 2.57 bits per heavy atom. The highest BCUT2D eigenvalue weighted by molar-refractivity contribution is 5.94. The fourth-order valence-electron chi connectivity index (χ4n) is 3.66. The lowest BCUT2D eigenvalue weighted by Crippen LogP contribution is -2.44. The number of nitrogens with one attached hydrogen (secondary N) is 3. The predicted octanol–water partition coefficient (Wildman–Crippen LogP) is 3.85. The van der Waals surface area contributed by atoms with Crippen molar-refractivity contribution in [2.24, 2.45) is 5.92 Å². The van der Waals surface area contributed by atoms with Crippen LogP contribution >= 0.6 is 0 Å². The fraction of sp³-hybridized carbons (Fsp3) is 0.364. The highest BCUT2D eigenvalue weighted by atomic mass is 16.5. The summed E-state index contributed by atoms with van der Waals surface area (Å²) in [5.74, 6) is -0.0137. The van der Waals surface area contributed by atoms with E-state index < -0.39 is 6.09 Å². The van der Waals surface area contributed by atoms with E-state index in [1.54, 1.807) is 13.1 Å².